The van der Waals surface area contributed by atoms with Crippen LogP contribution in [0.2, 0.25) is 0 Å². The van der Waals surface area contributed by atoms with Gasteiger partial charge in [-0.2, -0.15) is 0 Å². The van der Waals surface area contributed by atoms with Gasteiger partial charge < -0.3 is 33.5 Å². The van der Waals surface area contributed by atoms with Gasteiger partial charge in [-0.05, 0) is 19.4 Å². The zero-order chi connectivity index (χ0) is 23.3. The fourth-order valence-electron chi connectivity index (χ4n) is 4.11. The van der Waals surface area contributed by atoms with Crippen molar-refractivity contribution in [2.24, 2.45) is 0 Å². The van der Waals surface area contributed by atoms with E-state index in [1.54, 1.807) is 13.8 Å². The minimum Gasteiger partial charge on any atom is -0.458 e. The molecule has 2 saturated heterocycles. The van der Waals surface area contributed by atoms with E-state index in [4.69, 9.17) is 28.4 Å². The summed E-state index contributed by atoms with van der Waals surface area (Å²) in [5.41, 5.74) is 1.00. The molecule has 2 aliphatic rings. The topological polar surface area (TPSA) is 110 Å². The Kier molecular flexibility index (Phi) is 8.61. The van der Waals surface area contributed by atoms with Crippen molar-refractivity contribution in [2.75, 3.05) is 0 Å². The Morgan fingerprint density at radius 3 is 2.25 bits per heavy atom. The number of carbonyl (C=O) groups excluding carboxylic acids is 2. The Morgan fingerprint density at radius 2 is 1.59 bits per heavy atom. The van der Waals surface area contributed by atoms with Crippen LogP contribution in [0.4, 0.5) is 0 Å². The lowest BCUT2D eigenvalue weighted by Gasteiger charge is -2.43. The van der Waals surface area contributed by atoms with Crippen LogP contribution in [0.25, 0.3) is 0 Å². The predicted octanol–water partition coefficient (Wildman–Crippen LogP) is 2.08. The number of rotatable bonds is 7. The van der Waals surface area contributed by atoms with E-state index >= 15 is 0 Å². The third-order valence-corrected chi connectivity index (χ3v) is 5.49. The normalized spacial score (nSPS) is 35.2. The summed E-state index contributed by atoms with van der Waals surface area (Å²) >= 11 is 0. The smallest absolute Gasteiger partial charge is 0.303 e. The van der Waals surface area contributed by atoms with Crippen molar-refractivity contribution in [3.05, 3.63) is 35.9 Å². The van der Waals surface area contributed by atoms with Crippen molar-refractivity contribution in [1.29, 1.82) is 0 Å². The van der Waals surface area contributed by atoms with E-state index in [9.17, 15) is 14.7 Å². The van der Waals surface area contributed by atoms with Crippen LogP contribution in [0.3, 0.4) is 0 Å². The predicted molar refractivity (Wildman–Crippen MR) is 111 cm³/mol. The zero-order valence-corrected chi connectivity index (χ0v) is 18.8. The van der Waals surface area contributed by atoms with Crippen LogP contribution in [-0.2, 0) is 44.6 Å². The van der Waals surface area contributed by atoms with Crippen molar-refractivity contribution in [3.63, 3.8) is 0 Å². The van der Waals surface area contributed by atoms with Crippen LogP contribution in [0.5, 0.6) is 0 Å². The van der Waals surface area contributed by atoms with Gasteiger partial charge in [-0.15, -0.1) is 0 Å². The molecule has 2 heterocycles. The highest BCUT2D eigenvalue weighted by molar-refractivity contribution is 5.67. The van der Waals surface area contributed by atoms with Gasteiger partial charge in [0.05, 0.1) is 24.9 Å². The molecule has 3 rings (SSSR count). The highest BCUT2D eigenvalue weighted by Crippen LogP contribution is 2.31. The Balaban J connectivity index is 1.68. The number of ether oxygens (including phenoxy) is 6. The Hall–Kier alpha value is -2.04. The van der Waals surface area contributed by atoms with E-state index in [0.717, 1.165) is 5.56 Å². The van der Waals surface area contributed by atoms with Crippen LogP contribution < -0.4 is 0 Å². The standard InChI is InChI=1S/C23H32O9/c1-13-22(18(10-20(26)28-13)27-12-17-8-6-5-7-9-17)32-21-11-19(30-15(3)24)23(14(2)29-21)31-16(4)25/h5-9,13-14,18-23,26H,10-12H2,1-4H3/t13-,14-,18-,19-,20+,21-,22-,23-/m1/s1. The van der Waals surface area contributed by atoms with Crippen molar-refractivity contribution in [2.45, 2.75) is 96.3 Å². The largest absolute Gasteiger partial charge is 0.458 e. The number of aliphatic hydroxyl groups is 1. The summed E-state index contributed by atoms with van der Waals surface area (Å²) in [6.07, 6.45) is -4.70. The molecular formula is C23H32O9. The summed E-state index contributed by atoms with van der Waals surface area (Å²) in [6.45, 7) is 6.47. The molecule has 8 atom stereocenters. The van der Waals surface area contributed by atoms with Gasteiger partial charge in [0.25, 0.3) is 0 Å². The van der Waals surface area contributed by atoms with Gasteiger partial charge in [-0.25, -0.2) is 0 Å². The molecule has 0 amide bonds. The van der Waals surface area contributed by atoms with Gasteiger partial charge in [-0.1, -0.05) is 30.3 Å². The maximum Gasteiger partial charge on any atom is 0.303 e. The molecule has 9 nitrogen and oxygen atoms in total. The molecule has 0 radical (unpaired) electrons. The number of hydrogen-bond acceptors (Lipinski definition) is 9. The molecule has 1 aromatic rings. The highest BCUT2D eigenvalue weighted by atomic mass is 16.7. The molecule has 2 aliphatic heterocycles. The second-order valence-electron chi connectivity index (χ2n) is 8.20. The molecule has 1 N–H and O–H groups in total. The molecule has 0 aliphatic carbocycles. The molecular weight excluding hydrogens is 420 g/mol. The maximum absolute atomic E-state index is 11.6. The maximum atomic E-state index is 11.6. The van der Waals surface area contributed by atoms with Gasteiger partial charge >= 0.3 is 11.9 Å². The number of hydrogen-bond donors (Lipinski definition) is 1. The Bertz CT molecular complexity index is 755. The Labute approximate surface area is 187 Å². The van der Waals surface area contributed by atoms with Gasteiger partial charge in [0.1, 0.15) is 12.2 Å². The number of carbonyl (C=O) groups is 2. The molecule has 1 aromatic carbocycles. The molecule has 0 bridgehead atoms. The van der Waals surface area contributed by atoms with E-state index in [2.05, 4.69) is 0 Å². The van der Waals surface area contributed by atoms with Crippen LogP contribution in [0, 0.1) is 0 Å². The molecule has 0 spiro atoms. The number of benzene rings is 1. The molecule has 32 heavy (non-hydrogen) atoms. The first-order chi connectivity index (χ1) is 15.2. The minimum atomic E-state index is -0.959. The van der Waals surface area contributed by atoms with Gasteiger partial charge in [0.2, 0.25) is 0 Å². The van der Waals surface area contributed by atoms with Crippen LogP contribution in [0.15, 0.2) is 30.3 Å². The first-order valence-corrected chi connectivity index (χ1v) is 10.9. The summed E-state index contributed by atoms with van der Waals surface area (Å²) in [4.78, 5) is 23.1. The number of esters is 2. The zero-order valence-electron chi connectivity index (χ0n) is 18.8. The monoisotopic (exact) mass is 452 g/mol. The van der Waals surface area contributed by atoms with Crippen molar-refractivity contribution < 1.29 is 43.1 Å². The van der Waals surface area contributed by atoms with Crippen molar-refractivity contribution >= 4 is 11.9 Å². The summed E-state index contributed by atoms with van der Waals surface area (Å²) in [7, 11) is 0. The lowest BCUT2D eigenvalue weighted by atomic mass is 10.00. The molecule has 0 unspecified atom stereocenters. The van der Waals surface area contributed by atoms with Crippen LogP contribution in [-0.4, -0.2) is 66.2 Å². The third kappa shape index (κ3) is 6.73. The second kappa shape index (κ2) is 11.2. The van der Waals surface area contributed by atoms with Gasteiger partial charge in [-0.3, -0.25) is 9.59 Å². The first kappa shape index (κ1) is 24.6. The Morgan fingerprint density at radius 1 is 0.938 bits per heavy atom. The summed E-state index contributed by atoms with van der Waals surface area (Å²) in [5, 5.41) is 10.1. The third-order valence-electron chi connectivity index (χ3n) is 5.49. The minimum absolute atomic E-state index is 0.180. The lowest BCUT2D eigenvalue weighted by molar-refractivity contribution is -0.313. The van der Waals surface area contributed by atoms with E-state index < -0.39 is 61.1 Å². The van der Waals surface area contributed by atoms with E-state index in [-0.39, 0.29) is 12.8 Å². The summed E-state index contributed by atoms with van der Waals surface area (Å²) < 4.78 is 34.5. The fraction of sp³-hybridized carbons (Fsp3) is 0.652. The summed E-state index contributed by atoms with van der Waals surface area (Å²) in [5.74, 6) is -0.971. The summed E-state index contributed by atoms with van der Waals surface area (Å²) in [6, 6.07) is 9.71. The molecule has 178 valence electrons. The molecule has 9 heteroatoms. The average Bonchev–Trinajstić information content (AvgIpc) is 2.71. The van der Waals surface area contributed by atoms with Gasteiger partial charge in [0.15, 0.2) is 18.7 Å². The molecule has 2 fully saturated rings. The molecule has 0 aromatic heterocycles. The van der Waals surface area contributed by atoms with Crippen molar-refractivity contribution in [3.8, 4) is 0 Å². The average molecular weight is 453 g/mol. The first-order valence-electron chi connectivity index (χ1n) is 10.9. The quantitative estimate of drug-likeness (QED) is 0.622. The highest BCUT2D eigenvalue weighted by Gasteiger charge is 2.45. The second-order valence-corrected chi connectivity index (χ2v) is 8.20. The van der Waals surface area contributed by atoms with Crippen LogP contribution in [0.1, 0.15) is 46.1 Å². The van der Waals surface area contributed by atoms with E-state index in [1.807, 2.05) is 30.3 Å². The molecule has 0 saturated carbocycles. The van der Waals surface area contributed by atoms with Gasteiger partial charge in [0, 0.05) is 26.7 Å². The van der Waals surface area contributed by atoms with E-state index in [0.29, 0.717) is 6.61 Å². The number of aliphatic hydroxyl groups excluding tert-OH is 1. The lowest BCUT2D eigenvalue weighted by Crippen LogP contribution is -2.55. The fourth-order valence-corrected chi connectivity index (χ4v) is 4.11. The van der Waals surface area contributed by atoms with Crippen molar-refractivity contribution in [1.82, 2.24) is 0 Å². The van der Waals surface area contributed by atoms with Crippen LogP contribution >= 0.6 is 0 Å². The SMILES string of the molecule is CC(=O)O[C@@H]1[C@@H](C)O[C@H](O[C@@H]2[C@@H](C)O[C@H](O)C[C@H]2OCc2ccccc2)C[C@H]1OC(C)=O. The van der Waals surface area contributed by atoms with E-state index in [1.165, 1.54) is 13.8 Å².